The summed E-state index contributed by atoms with van der Waals surface area (Å²) < 4.78 is 5.22. The average molecular weight is 282 g/mol. The molecule has 2 heterocycles. The van der Waals surface area contributed by atoms with Crippen LogP contribution in [0.15, 0.2) is 6.07 Å². The Bertz CT molecular complexity index is 560. The van der Waals surface area contributed by atoms with E-state index < -0.39 is 0 Å². The van der Waals surface area contributed by atoms with Gasteiger partial charge in [-0.15, -0.1) is 21.5 Å². The lowest BCUT2D eigenvalue weighted by Crippen LogP contribution is -2.02. The lowest BCUT2D eigenvalue weighted by molar-refractivity contribution is 0.0477. The van der Waals surface area contributed by atoms with Gasteiger partial charge >= 0.3 is 5.97 Å². The van der Waals surface area contributed by atoms with Gasteiger partial charge in [0, 0.05) is 4.88 Å². The molecule has 0 aromatic carbocycles. The van der Waals surface area contributed by atoms with Gasteiger partial charge in [0.15, 0.2) is 5.01 Å². The molecule has 0 atom stereocenters. The van der Waals surface area contributed by atoms with E-state index >= 15 is 0 Å². The van der Waals surface area contributed by atoms with Crippen LogP contribution in [0.25, 0.3) is 0 Å². The van der Waals surface area contributed by atoms with E-state index in [-0.39, 0.29) is 12.6 Å². The summed E-state index contributed by atoms with van der Waals surface area (Å²) >= 11 is 2.94. The zero-order valence-corrected chi connectivity index (χ0v) is 12.2. The monoisotopic (exact) mass is 282 g/mol. The molecular weight excluding hydrogens is 268 g/mol. The summed E-state index contributed by atoms with van der Waals surface area (Å²) in [7, 11) is 0. The number of carbonyl (C=O) groups excluding carboxylic acids is 1. The summed E-state index contributed by atoms with van der Waals surface area (Å²) in [6.45, 7) is 6.17. The number of rotatable bonds is 4. The van der Waals surface area contributed by atoms with Gasteiger partial charge in [0.1, 0.15) is 16.5 Å². The minimum absolute atomic E-state index is 0.197. The summed E-state index contributed by atoms with van der Waals surface area (Å²) in [6, 6.07) is 1.89. The van der Waals surface area contributed by atoms with Crippen molar-refractivity contribution >= 4 is 28.6 Å². The molecule has 0 fully saturated rings. The highest BCUT2D eigenvalue weighted by atomic mass is 32.1. The second-order valence-corrected chi connectivity index (χ2v) is 6.26. The molecule has 0 aliphatic heterocycles. The van der Waals surface area contributed by atoms with Crippen LogP contribution < -0.4 is 0 Å². The Labute approximate surface area is 114 Å². The van der Waals surface area contributed by atoms with Crippen LogP contribution in [-0.4, -0.2) is 16.2 Å². The number of nitrogens with zero attached hydrogens (tertiary/aromatic N) is 2. The fourth-order valence-corrected chi connectivity index (χ4v) is 3.20. The Hall–Kier alpha value is -1.27. The maximum Gasteiger partial charge on any atom is 0.348 e. The molecule has 2 aromatic rings. The summed E-state index contributed by atoms with van der Waals surface area (Å²) in [5.41, 5.74) is 1.15. The van der Waals surface area contributed by atoms with Gasteiger partial charge in [0.2, 0.25) is 0 Å². The molecule has 96 valence electrons. The molecular formula is C12H14N2O2S2. The first kappa shape index (κ1) is 13.2. The van der Waals surface area contributed by atoms with Gasteiger partial charge in [0.25, 0.3) is 0 Å². The fraction of sp³-hybridized carbons (Fsp3) is 0.417. The summed E-state index contributed by atoms with van der Waals surface area (Å²) in [4.78, 5) is 13.7. The first-order chi connectivity index (χ1) is 8.60. The van der Waals surface area contributed by atoms with Crippen molar-refractivity contribution in [1.29, 1.82) is 0 Å². The highest BCUT2D eigenvalue weighted by Gasteiger charge is 2.13. The molecule has 0 unspecified atom stereocenters. The standard InChI is InChI=1S/C12H14N2O2S2/c1-4-9-7(2)5-10(18-9)12(15)16-6-11-14-13-8(3)17-11/h5H,4,6H2,1-3H3. The third-order valence-corrected chi connectivity index (χ3v) is 4.61. The predicted octanol–water partition coefficient (Wildman–Crippen LogP) is 3.14. The quantitative estimate of drug-likeness (QED) is 0.808. The topological polar surface area (TPSA) is 52.1 Å². The molecule has 0 bridgehead atoms. The van der Waals surface area contributed by atoms with Gasteiger partial charge < -0.3 is 4.74 Å². The maximum absolute atomic E-state index is 11.9. The lowest BCUT2D eigenvalue weighted by Gasteiger charge is -1.98. The third-order valence-electron chi connectivity index (χ3n) is 2.44. The fourth-order valence-electron chi connectivity index (χ4n) is 1.57. The Kier molecular flexibility index (Phi) is 4.08. The second kappa shape index (κ2) is 5.58. The smallest absolute Gasteiger partial charge is 0.348 e. The van der Waals surface area contributed by atoms with Gasteiger partial charge in [-0.2, -0.15) is 0 Å². The molecule has 0 amide bonds. The van der Waals surface area contributed by atoms with Crippen molar-refractivity contribution in [2.75, 3.05) is 0 Å². The summed E-state index contributed by atoms with van der Waals surface area (Å²) in [5, 5.41) is 9.40. The first-order valence-electron chi connectivity index (χ1n) is 5.65. The Morgan fingerprint density at radius 3 is 2.67 bits per heavy atom. The first-order valence-corrected chi connectivity index (χ1v) is 7.29. The zero-order valence-electron chi connectivity index (χ0n) is 10.5. The number of hydrogen-bond acceptors (Lipinski definition) is 6. The molecule has 0 saturated carbocycles. The molecule has 18 heavy (non-hydrogen) atoms. The molecule has 0 N–H and O–H groups in total. The van der Waals surface area contributed by atoms with E-state index in [1.54, 1.807) is 0 Å². The van der Waals surface area contributed by atoms with E-state index in [0.717, 1.165) is 22.0 Å². The van der Waals surface area contributed by atoms with Crippen LogP contribution >= 0.6 is 22.7 Å². The van der Waals surface area contributed by atoms with Crippen molar-refractivity contribution in [2.24, 2.45) is 0 Å². The van der Waals surface area contributed by atoms with E-state index in [0.29, 0.717) is 4.88 Å². The average Bonchev–Trinajstić information content (AvgIpc) is 2.92. The number of aryl methyl sites for hydroxylation is 3. The van der Waals surface area contributed by atoms with Crippen molar-refractivity contribution in [3.63, 3.8) is 0 Å². The highest BCUT2D eigenvalue weighted by molar-refractivity contribution is 7.14. The number of aromatic nitrogens is 2. The minimum atomic E-state index is -0.282. The molecule has 0 radical (unpaired) electrons. The maximum atomic E-state index is 11.9. The SMILES string of the molecule is CCc1sc(C(=O)OCc2nnc(C)s2)cc1C. The predicted molar refractivity (Wildman–Crippen MR) is 72.2 cm³/mol. The molecule has 6 heteroatoms. The second-order valence-electron chi connectivity index (χ2n) is 3.86. The lowest BCUT2D eigenvalue weighted by atomic mass is 10.2. The molecule has 0 saturated heterocycles. The van der Waals surface area contributed by atoms with E-state index in [9.17, 15) is 4.79 Å². The normalized spacial score (nSPS) is 10.6. The van der Waals surface area contributed by atoms with Crippen LogP contribution in [0.2, 0.25) is 0 Å². The number of hydrogen-bond donors (Lipinski definition) is 0. The van der Waals surface area contributed by atoms with Crippen LogP contribution in [0.5, 0.6) is 0 Å². The molecule has 4 nitrogen and oxygen atoms in total. The number of thiophene rings is 1. The van der Waals surface area contributed by atoms with E-state index in [1.165, 1.54) is 27.6 Å². The molecule has 2 rings (SSSR count). The van der Waals surface area contributed by atoms with Gasteiger partial charge in [-0.3, -0.25) is 0 Å². The van der Waals surface area contributed by atoms with Crippen LogP contribution in [0.1, 0.15) is 37.1 Å². The molecule has 2 aromatic heterocycles. The molecule has 0 aliphatic rings. The molecule has 0 aliphatic carbocycles. The van der Waals surface area contributed by atoms with Crippen LogP contribution in [-0.2, 0) is 17.8 Å². The Morgan fingerprint density at radius 1 is 1.33 bits per heavy atom. The zero-order chi connectivity index (χ0) is 13.1. The number of carbonyl (C=O) groups is 1. The highest BCUT2D eigenvalue weighted by Crippen LogP contribution is 2.23. The van der Waals surface area contributed by atoms with Crippen molar-refractivity contribution in [3.05, 3.63) is 31.4 Å². The van der Waals surface area contributed by atoms with Gasteiger partial charge in [-0.25, -0.2) is 4.79 Å². The Balaban J connectivity index is 1.99. The number of esters is 1. The Morgan fingerprint density at radius 2 is 2.11 bits per heavy atom. The van der Waals surface area contributed by atoms with Crippen molar-refractivity contribution in [1.82, 2.24) is 10.2 Å². The van der Waals surface area contributed by atoms with Gasteiger partial charge in [-0.1, -0.05) is 18.3 Å². The van der Waals surface area contributed by atoms with E-state index in [2.05, 4.69) is 17.1 Å². The van der Waals surface area contributed by atoms with E-state index in [4.69, 9.17) is 4.74 Å². The van der Waals surface area contributed by atoms with Crippen molar-refractivity contribution in [3.8, 4) is 0 Å². The minimum Gasteiger partial charge on any atom is -0.454 e. The van der Waals surface area contributed by atoms with Crippen molar-refractivity contribution < 1.29 is 9.53 Å². The number of ether oxygens (including phenoxy) is 1. The van der Waals surface area contributed by atoms with Crippen molar-refractivity contribution in [2.45, 2.75) is 33.8 Å². The van der Waals surface area contributed by atoms with Crippen LogP contribution in [0, 0.1) is 13.8 Å². The molecule has 0 spiro atoms. The van der Waals surface area contributed by atoms with Crippen LogP contribution in [0.4, 0.5) is 0 Å². The van der Waals surface area contributed by atoms with Crippen LogP contribution in [0.3, 0.4) is 0 Å². The summed E-state index contributed by atoms with van der Waals surface area (Å²) in [5.74, 6) is -0.282. The van der Waals surface area contributed by atoms with E-state index in [1.807, 2.05) is 19.9 Å². The summed E-state index contributed by atoms with van der Waals surface area (Å²) in [6.07, 6.45) is 0.944. The largest absolute Gasteiger partial charge is 0.454 e. The van der Waals surface area contributed by atoms with Gasteiger partial charge in [-0.05, 0) is 31.9 Å². The third kappa shape index (κ3) is 2.94. The van der Waals surface area contributed by atoms with Gasteiger partial charge in [0.05, 0.1) is 0 Å².